The standard InChI is InChI=1S/C9H15NO6/c1-13-2-3-14-4-5-15-6-7-8(11)16-9(12)10-7/h7H,2-6H2,1H3,(H,10,12). The molecule has 0 radical (unpaired) electrons. The smallest absolute Gasteiger partial charge is 0.382 e. The number of cyclic esters (lactones) is 2. The van der Waals surface area contributed by atoms with Gasteiger partial charge in [-0.2, -0.15) is 0 Å². The fourth-order valence-electron chi connectivity index (χ4n) is 1.07. The molecule has 0 saturated carbocycles. The van der Waals surface area contributed by atoms with Crippen LogP contribution in [0.3, 0.4) is 0 Å². The number of carbonyl (C=O) groups excluding carboxylic acids is 2. The van der Waals surface area contributed by atoms with E-state index in [9.17, 15) is 9.59 Å². The highest BCUT2D eigenvalue weighted by Crippen LogP contribution is 2.00. The van der Waals surface area contributed by atoms with Crippen molar-refractivity contribution in [1.82, 2.24) is 5.32 Å². The summed E-state index contributed by atoms with van der Waals surface area (Å²) in [4.78, 5) is 21.6. The van der Waals surface area contributed by atoms with Gasteiger partial charge < -0.3 is 24.3 Å². The first-order valence-electron chi connectivity index (χ1n) is 4.90. The molecular formula is C9H15NO6. The number of hydrogen-bond donors (Lipinski definition) is 1. The van der Waals surface area contributed by atoms with Crippen LogP contribution in [-0.2, 0) is 23.7 Å². The molecule has 1 amide bonds. The summed E-state index contributed by atoms with van der Waals surface area (Å²) in [6.45, 7) is 1.90. The Morgan fingerprint density at radius 1 is 1.19 bits per heavy atom. The van der Waals surface area contributed by atoms with E-state index < -0.39 is 18.1 Å². The van der Waals surface area contributed by atoms with Gasteiger partial charge in [-0.25, -0.2) is 9.59 Å². The van der Waals surface area contributed by atoms with Crippen LogP contribution >= 0.6 is 0 Å². The molecule has 0 aromatic rings. The van der Waals surface area contributed by atoms with Crippen LogP contribution in [0.2, 0.25) is 0 Å². The number of carbonyl (C=O) groups is 2. The van der Waals surface area contributed by atoms with Crippen molar-refractivity contribution in [1.29, 1.82) is 0 Å². The van der Waals surface area contributed by atoms with Crippen molar-refractivity contribution in [2.45, 2.75) is 6.04 Å². The molecule has 1 rings (SSSR count). The van der Waals surface area contributed by atoms with Crippen molar-refractivity contribution < 1.29 is 28.5 Å². The molecule has 0 spiro atoms. The predicted molar refractivity (Wildman–Crippen MR) is 51.9 cm³/mol. The van der Waals surface area contributed by atoms with Gasteiger partial charge in [0, 0.05) is 7.11 Å². The molecule has 16 heavy (non-hydrogen) atoms. The topological polar surface area (TPSA) is 83.1 Å². The Morgan fingerprint density at radius 3 is 2.50 bits per heavy atom. The summed E-state index contributed by atoms with van der Waals surface area (Å²) in [7, 11) is 1.59. The van der Waals surface area contributed by atoms with Crippen LogP contribution in [0.5, 0.6) is 0 Å². The summed E-state index contributed by atoms with van der Waals surface area (Å²) >= 11 is 0. The Labute approximate surface area is 93.0 Å². The molecule has 1 N–H and O–H groups in total. The van der Waals surface area contributed by atoms with Crippen molar-refractivity contribution in [2.75, 3.05) is 40.1 Å². The Kier molecular flexibility index (Phi) is 5.76. The second-order valence-electron chi connectivity index (χ2n) is 3.09. The van der Waals surface area contributed by atoms with E-state index in [0.717, 1.165) is 0 Å². The number of esters is 1. The van der Waals surface area contributed by atoms with Crippen molar-refractivity contribution in [2.24, 2.45) is 0 Å². The van der Waals surface area contributed by atoms with E-state index in [1.165, 1.54) is 0 Å². The maximum absolute atomic E-state index is 11.0. The highest BCUT2D eigenvalue weighted by atomic mass is 16.6. The van der Waals surface area contributed by atoms with Gasteiger partial charge in [-0.05, 0) is 0 Å². The predicted octanol–water partition coefficient (Wildman–Crippen LogP) is -0.699. The minimum absolute atomic E-state index is 0.0954. The fourth-order valence-corrected chi connectivity index (χ4v) is 1.07. The molecule has 7 heteroatoms. The van der Waals surface area contributed by atoms with Gasteiger partial charge in [-0.15, -0.1) is 0 Å². The van der Waals surface area contributed by atoms with Gasteiger partial charge in [0.15, 0.2) is 6.04 Å². The summed E-state index contributed by atoms with van der Waals surface area (Å²) in [6.07, 6.45) is -0.727. The second-order valence-corrected chi connectivity index (χ2v) is 3.09. The molecule has 1 aliphatic heterocycles. The number of methoxy groups -OCH3 is 1. The second kappa shape index (κ2) is 7.15. The molecule has 0 aromatic carbocycles. The molecule has 7 nitrogen and oxygen atoms in total. The van der Waals surface area contributed by atoms with E-state index in [0.29, 0.717) is 26.4 Å². The summed E-state index contributed by atoms with van der Waals surface area (Å²) in [5, 5.41) is 2.32. The van der Waals surface area contributed by atoms with Crippen molar-refractivity contribution in [3.05, 3.63) is 0 Å². The van der Waals surface area contributed by atoms with E-state index in [-0.39, 0.29) is 6.61 Å². The molecule has 1 atom stereocenters. The largest absolute Gasteiger partial charge is 0.415 e. The number of hydrogen-bond acceptors (Lipinski definition) is 6. The van der Waals surface area contributed by atoms with E-state index in [1.54, 1.807) is 7.11 Å². The normalized spacial score (nSPS) is 19.7. The van der Waals surface area contributed by atoms with Gasteiger partial charge >= 0.3 is 12.1 Å². The van der Waals surface area contributed by atoms with Gasteiger partial charge in [-0.3, -0.25) is 0 Å². The van der Waals surface area contributed by atoms with Crippen molar-refractivity contribution in [3.8, 4) is 0 Å². The molecule has 92 valence electrons. The fraction of sp³-hybridized carbons (Fsp3) is 0.778. The number of rotatable bonds is 8. The van der Waals surface area contributed by atoms with Crippen LogP contribution in [0.4, 0.5) is 4.79 Å². The van der Waals surface area contributed by atoms with Gasteiger partial charge in [0.05, 0.1) is 33.0 Å². The zero-order valence-corrected chi connectivity index (χ0v) is 9.06. The highest BCUT2D eigenvalue weighted by molar-refractivity contribution is 5.95. The lowest BCUT2D eigenvalue weighted by Gasteiger charge is -2.07. The molecule has 0 aliphatic carbocycles. The number of nitrogens with one attached hydrogen (secondary N) is 1. The van der Waals surface area contributed by atoms with Crippen LogP contribution in [-0.4, -0.2) is 58.2 Å². The van der Waals surface area contributed by atoms with Crippen LogP contribution in [0.25, 0.3) is 0 Å². The highest BCUT2D eigenvalue weighted by Gasteiger charge is 2.32. The lowest BCUT2D eigenvalue weighted by atomic mass is 10.3. The molecule has 1 fully saturated rings. The molecule has 1 unspecified atom stereocenters. The Hall–Kier alpha value is -1.18. The molecule has 0 bridgehead atoms. The van der Waals surface area contributed by atoms with Gasteiger partial charge in [-0.1, -0.05) is 0 Å². The number of amides is 1. The van der Waals surface area contributed by atoms with Gasteiger partial charge in [0.1, 0.15) is 0 Å². The summed E-state index contributed by atoms with van der Waals surface area (Å²) in [5.74, 6) is -0.606. The SMILES string of the molecule is COCCOCCOCC1NC(=O)OC1=O. The number of alkyl carbamates (subject to hydrolysis) is 1. The Balaban J connectivity index is 1.95. The first-order chi connectivity index (χ1) is 7.74. The monoisotopic (exact) mass is 233 g/mol. The molecule has 1 aliphatic rings. The minimum atomic E-state index is -0.727. The van der Waals surface area contributed by atoms with E-state index >= 15 is 0 Å². The van der Waals surface area contributed by atoms with Crippen molar-refractivity contribution >= 4 is 12.1 Å². The average Bonchev–Trinajstić information content (AvgIpc) is 2.56. The van der Waals surface area contributed by atoms with Crippen molar-refractivity contribution in [3.63, 3.8) is 0 Å². The summed E-state index contributed by atoms with van der Waals surface area (Å²) in [5.41, 5.74) is 0. The zero-order chi connectivity index (χ0) is 11.8. The van der Waals surface area contributed by atoms with Crippen LogP contribution in [0.15, 0.2) is 0 Å². The maximum Gasteiger partial charge on any atom is 0.415 e. The first-order valence-corrected chi connectivity index (χ1v) is 4.90. The molecule has 1 saturated heterocycles. The maximum atomic E-state index is 11.0. The first kappa shape index (κ1) is 12.9. The number of ether oxygens (including phenoxy) is 4. The Morgan fingerprint density at radius 2 is 1.88 bits per heavy atom. The third kappa shape index (κ3) is 4.56. The molecule has 0 aromatic heterocycles. The zero-order valence-electron chi connectivity index (χ0n) is 9.06. The quantitative estimate of drug-likeness (QED) is 0.339. The van der Waals surface area contributed by atoms with E-state index in [1.807, 2.05) is 0 Å². The summed E-state index contributed by atoms with van der Waals surface area (Å²) in [6, 6.07) is -0.702. The Bertz CT molecular complexity index is 244. The van der Waals surface area contributed by atoms with E-state index in [4.69, 9.17) is 14.2 Å². The van der Waals surface area contributed by atoms with Crippen LogP contribution < -0.4 is 5.32 Å². The van der Waals surface area contributed by atoms with Gasteiger partial charge in [0.25, 0.3) is 0 Å². The lowest BCUT2D eigenvalue weighted by Crippen LogP contribution is -2.33. The minimum Gasteiger partial charge on any atom is -0.382 e. The summed E-state index contributed by atoms with van der Waals surface area (Å²) < 4.78 is 19.3. The molecule has 1 heterocycles. The average molecular weight is 233 g/mol. The van der Waals surface area contributed by atoms with Crippen LogP contribution in [0, 0.1) is 0 Å². The lowest BCUT2D eigenvalue weighted by molar-refractivity contribution is -0.136. The molecular weight excluding hydrogens is 218 g/mol. The van der Waals surface area contributed by atoms with Gasteiger partial charge in [0.2, 0.25) is 0 Å². The van der Waals surface area contributed by atoms with Crippen LogP contribution in [0.1, 0.15) is 0 Å². The third-order valence-electron chi connectivity index (χ3n) is 1.86. The third-order valence-corrected chi connectivity index (χ3v) is 1.86. The van der Waals surface area contributed by atoms with E-state index in [2.05, 4.69) is 10.1 Å².